The Morgan fingerprint density at radius 2 is 2.29 bits per heavy atom. The quantitative estimate of drug-likeness (QED) is 0.754. The standard InChI is InChI=1S/C14H23N3O3S/c1-17-7-3-5-13(11-17)16-21(18,19)9-8-20-14-6-2-4-12(15)10-14/h2,4,6,10,13,16H,3,5,7-9,11,15H2,1H3. The van der Waals surface area contributed by atoms with Crippen molar-refractivity contribution in [3.63, 3.8) is 0 Å². The van der Waals surface area contributed by atoms with Gasteiger partial charge in [-0.3, -0.25) is 0 Å². The summed E-state index contributed by atoms with van der Waals surface area (Å²) in [5.41, 5.74) is 6.23. The fourth-order valence-corrected chi connectivity index (χ4v) is 3.57. The molecule has 1 aliphatic rings. The van der Waals surface area contributed by atoms with E-state index in [0.717, 1.165) is 25.9 Å². The second kappa shape index (κ2) is 7.11. The van der Waals surface area contributed by atoms with Crippen LogP contribution >= 0.6 is 0 Å². The van der Waals surface area contributed by atoms with Gasteiger partial charge in [0.15, 0.2) is 0 Å². The summed E-state index contributed by atoms with van der Waals surface area (Å²) in [7, 11) is -1.31. The summed E-state index contributed by atoms with van der Waals surface area (Å²) in [6.07, 6.45) is 1.91. The Kier molecular flexibility index (Phi) is 5.44. The fourth-order valence-electron chi connectivity index (χ4n) is 2.45. The van der Waals surface area contributed by atoms with E-state index in [1.54, 1.807) is 24.3 Å². The zero-order valence-electron chi connectivity index (χ0n) is 12.3. The summed E-state index contributed by atoms with van der Waals surface area (Å²) in [6.45, 7) is 1.90. The third-order valence-electron chi connectivity index (χ3n) is 3.45. The monoisotopic (exact) mass is 313 g/mol. The second-order valence-corrected chi connectivity index (χ2v) is 7.33. The van der Waals surface area contributed by atoms with Gasteiger partial charge in [0.25, 0.3) is 0 Å². The molecule has 118 valence electrons. The van der Waals surface area contributed by atoms with Crippen LogP contribution in [0.1, 0.15) is 12.8 Å². The molecule has 6 nitrogen and oxygen atoms in total. The van der Waals surface area contributed by atoms with Crippen LogP contribution in [0.4, 0.5) is 5.69 Å². The van der Waals surface area contributed by atoms with Crippen molar-refractivity contribution in [1.29, 1.82) is 0 Å². The van der Waals surface area contributed by atoms with Crippen molar-refractivity contribution in [2.75, 3.05) is 38.2 Å². The van der Waals surface area contributed by atoms with Gasteiger partial charge in [-0.15, -0.1) is 0 Å². The topological polar surface area (TPSA) is 84.7 Å². The maximum Gasteiger partial charge on any atom is 0.215 e. The molecular weight excluding hydrogens is 290 g/mol. The SMILES string of the molecule is CN1CCCC(NS(=O)(=O)CCOc2cccc(N)c2)C1. The Morgan fingerprint density at radius 1 is 1.48 bits per heavy atom. The second-order valence-electron chi connectivity index (χ2n) is 5.46. The van der Waals surface area contributed by atoms with Crippen LogP contribution in [0.5, 0.6) is 5.75 Å². The molecule has 3 N–H and O–H groups in total. The molecule has 1 heterocycles. The highest BCUT2D eigenvalue weighted by molar-refractivity contribution is 7.89. The number of sulfonamides is 1. The molecule has 0 aromatic heterocycles. The van der Waals surface area contributed by atoms with Crippen molar-refractivity contribution in [1.82, 2.24) is 9.62 Å². The third kappa shape index (κ3) is 5.53. The maximum atomic E-state index is 12.0. The number of piperidine rings is 1. The lowest BCUT2D eigenvalue weighted by Gasteiger charge is -2.29. The van der Waals surface area contributed by atoms with Gasteiger partial charge in [-0.25, -0.2) is 13.1 Å². The molecule has 0 aliphatic carbocycles. The number of hydrogen-bond acceptors (Lipinski definition) is 5. The Labute approximate surface area is 126 Å². The van der Waals surface area contributed by atoms with E-state index in [1.807, 2.05) is 7.05 Å². The van der Waals surface area contributed by atoms with Crippen LogP contribution in [0.3, 0.4) is 0 Å². The molecule has 1 atom stereocenters. The van der Waals surface area contributed by atoms with Gasteiger partial charge in [0.1, 0.15) is 12.4 Å². The summed E-state index contributed by atoms with van der Waals surface area (Å²) in [6, 6.07) is 6.96. The van der Waals surface area contributed by atoms with Crippen molar-refractivity contribution in [3.05, 3.63) is 24.3 Å². The first-order valence-corrected chi connectivity index (χ1v) is 8.77. The lowest BCUT2D eigenvalue weighted by molar-refractivity contribution is 0.242. The average molecular weight is 313 g/mol. The fraction of sp³-hybridized carbons (Fsp3) is 0.571. The van der Waals surface area contributed by atoms with Crippen LogP contribution in [-0.4, -0.2) is 51.9 Å². The molecule has 1 fully saturated rings. The zero-order chi connectivity index (χ0) is 15.3. The molecule has 1 aliphatic heterocycles. The molecule has 7 heteroatoms. The van der Waals surface area contributed by atoms with Crippen LogP contribution in [0.2, 0.25) is 0 Å². The van der Waals surface area contributed by atoms with Gasteiger partial charge < -0.3 is 15.4 Å². The molecule has 2 rings (SSSR count). The Morgan fingerprint density at radius 3 is 3.00 bits per heavy atom. The summed E-state index contributed by atoms with van der Waals surface area (Å²) in [5, 5.41) is 0. The highest BCUT2D eigenvalue weighted by Gasteiger charge is 2.22. The lowest BCUT2D eigenvalue weighted by atomic mass is 10.1. The molecule has 21 heavy (non-hydrogen) atoms. The summed E-state index contributed by atoms with van der Waals surface area (Å²) < 4.78 is 32.2. The first-order valence-electron chi connectivity index (χ1n) is 7.11. The molecule has 0 radical (unpaired) electrons. The molecule has 1 unspecified atom stereocenters. The number of ether oxygens (including phenoxy) is 1. The Hall–Kier alpha value is -1.31. The van der Waals surface area contributed by atoms with Gasteiger partial charge in [0, 0.05) is 24.3 Å². The molecule has 0 spiro atoms. The number of rotatable bonds is 6. The molecule has 0 bridgehead atoms. The van der Waals surface area contributed by atoms with E-state index in [9.17, 15) is 8.42 Å². The van der Waals surface area contributed by atoms with Gasteiger partial charge in [-0.2, -0.15) is 0 Å². The van der Waals surface area contributed by atoms with E-state index in [1.165, 1.54) is 0 Å². The van der Waals surface area contributed by atoms with E-state index >= 15 is 0 Å². The smallest absolute Gasteiger partial charge is 0.215 e. The lowest BCUT2D eigenvalue weighted by Crippen LogP contribution is -2.47. The van der Waals surface area contributed by atoms with E-state index in [0.29, 0.717) is 11.4 Å². The first-order chi connectivity index (χ1) is 9.94. The molecule has 1 aromatic rings. The van der Waals surface area contributed by atoms with E-state index in [2.05, 4.69) is 9.62 Å². The number of likely N-dealkylation sites (N-methyl/N-ethyl adjacent to an activating group) is 1. The van der Waals surface area contributed by atoms with Crippen molar-refractivity contribution in [3.8, 4) is 5.75 Å². The van der Waals surface area contributed by atoms with E-state index in [4.69, 9.17) is 10.5 Å². The summed E-state index contributed by atoms with van der Waals surface area (Å²) in [5.74, 6) is 0.532. The van der Waals surface area contributed by atoms with Crippen LogP contribution in [-0.2, 0) is 10.0 Å². The van der Waals surface area contributed by atoms with Crippen molar-refractivity contribution in [2.24, 2.45) is 0 Å². The highest BCUT2D eigenvalue weighted by Crippen LogP contribution is 2.14. The number of likely N-dealkylation sites (tertiary alicyclic amines) is 1. The minimum atomic E-state index is -3.32. The third-order valence-corrected chi connectivity index (χ3v) is 4.85. The molecule has 0 saturated carbocycles. The minimum Gasteiger partial charge on any atom is -0.492 e. The van der Waals surface area contributed by atoms with Gasteiger partial charge in [-0.05, 0) is 38.6 Å². The van der Waals surface area contributed by atoms with Crippen LogP contribution < -0.4 is 15.2 Å². The van der Waals surface area contributed by atoms with Crippen LogP contribution in [0.25, 0.3) is 0 Å². The van der Waals surface area contributed by atoms with Crippen molar-refractivity contribution >= 4 is 15.7 Å². The van der Waals surface area contributed by atoms with Crippen LogP contribution in [0, 0.1) is 0 Å². The van der Waals surface area contributed by atoms with Gasteiger partial charge in [0.05, 0.1) is 5.75 Å². The molecular formula is C14H23N3O3S. The highest BCUT2D eigenvalue weighted by atomic mass is 32.2. The van der Waals surface area contributed by atoms with Gasteiger partial charge in [-0.1, -0.05) is 6.07 Å². The zero-order valence-corrected chi connectivity index (χ0v) is 13.1. The Balaban J connectivity index is 1.78. The predicted octanol–water partition coefficient (Wildman–Crippen LogP) is 0.661. The first kappa shape index (κ1) is 16.1. The van der Waals surface area contributed by atoms with Gasteiger partial charge in [0.2, 0.25) is 10.0 Å². The molecule has 1 saturated heterocycles. The normalized spacial score (nSPS) is 20.3. The van der Waals surface area contributed by atoms with Crippen molar-refractivity contribution in [2.45, 2.75) is 18.9 Å². The summed E-state index contributed by atoms with van der Waals surface area (Å²) >= 11 is 0. The van der Waals surface area contributed by atoms with Gasteiger partial charge >= 0.3 is 0 Å². The van der Waals surface area contributed by atoms with E-state index < -0.39 is 10.0 Å². The average Bonchev–Trinajstić information content (AvgIpc) is 2.38. The number of benzene rings is 1. The maximum absolute atomic E-state index is 12.0. The molecule has 1 aromatic carbocycles. The summed E-state index contributed by atoms with van der Waals surface area (Å²) in [4.78, 5) is 2.14. The number of nitrogen functional groups attached to an aromatic ring is 1. The van der Waals surface area contributed by atoms with Crippen LogP contribution in [0.15, 0.2) is 24.3 Å². The largest absolute Gasteiger partial charge is 0.492 e. The van der Waals surface area contributed by atoms with Crippen molar-refractivity contribution < 1.29 is 13.2 Å². The van der Waals surface area contributed by atoms with E-state index in [-0.39, 0.29) is 18.4 Å². The predicted molar refractivity (Wildman–Crippen MR) is 83.8 cm³/mol. The number of nitrogens with two attached hydrogens (primary N) is 1. The number of anilines is 1. The number of nitrogens with zero attached hydrogens (tertiary/aromatic N) is 1. The molecule has 0 amide bonds. The minimum absolute atomic E-state index is 0.00104. The number of hydrogen-bond donors (Lipinski definition) is 2. The number of nitrogens with one attached hydrogen (secondary N) is 1. The Bertz CT molecular complexity index is 562.